The molecule has 18 heavy (non-hydrogen) atoms. The Kier molecular flexibility index (Phi) is 2.48. The maximum Gasteiger partial charge on any atom is 0.363 e. The van der Waals surface area contributed by atoms with Crippen LogP contribution in [0.4, 0.5) is 11.5 Å². The normalized spacial score (nSPS) is 25.2. The van der Waals surface area contributed by atoms with Crippen molar-refractivity contribution in [2.75, 3.05) is 11.4 Å². The molecule has 6 heteroatoms. The molecule has 2 heterocycles. The Hall–Kier alpha value is -1.69. The molecule has 0 bridgehead atoms. The summed E-state index contributed by atoms with van der Waals surface area (Å²) >= 11 is 0. The van der Waals surface area contributed by atoms with Crippen LogP contribution in [0.3, 0.4) is 0 Å². The molecule has 1 saturated carbocycles. The Balaban J connectivity index is 1.86. The van der Waals surface area contributed by atoms with Gasteiger partial charge in [-0.05, 0) is 41.7 Å². The van der Waals surface area contributed by atoms with Crippen LogP contribution in [-0.2, 0) is 0 Å². The predicted molar refractivity (Wildman–Crippen MR) is 65.4 cm³/mol. The van der Waals surface area contributed by atoms with E-state index in [1.165, 1.54) is 12.3 Å². The predicted octanol–water partition coefficient (Wildman–Crippen LogP) is 1.48. The van der Waals surface area contributed by atoms with Crippen molar-refractivity contribution in [2.24, 2.45) is 0 Å². The second kappa shape index (κ2) is 3.91. The highest BCUT2D eigenvalue weighted by Gasteiger charge is 2.50. The van der Waals surface area contributed by atoms with Gasteiger partial charge in [0.1, 0.15) is 0 Å². The maximum absolute atomic E-state index is 10.6. The van der Waals surface area contributed by atoms with Crippen molar-refractivity contribution in [1.82, 2.24) is 4.98 Å². The van der Waals surface area contributed by atoms with Crippen molar-refractivity contribution in [3.05, 3.63) is 28.4 Å². The minimum atomic E-state index is -0.498. The van der Waals surface area contributed by atoms with Crippen molar-refractivity contribution in [2.45, 2.75) is 37.3 Å². The first kappa shape index (κ1) is 11.4. The number of β-amino-alcohol motifs (C(OH)–C–C–N with tert-alkyl or cyclic N) is 1. The summed E-state index contributed by atoms with van der Waals surface area (Å²) in [6, 6.07) is 3.15. The smallest absolute Gasteiger partial charge is 0.363 e. The van der Waals surface area contributed by atoms with Crippen molar-refractivity contribution in [3.63, 3.8) is 0 Å². The van der Waals surface area contributed by atoms with Crippen LogP contribution in [0, 0.1) is 10.1 Å². The summed E-state index contributed by atoms with van der Waals surface area (Å²) in [5.74, 6) is -0.138. The Labute approximate surface area is 104 Å². The number of anilines is 1. The Bertz CT molecular complexity index is 470. The second-order valence-electron chi connectivity index (χ2n) is 5.16. The number of hydrogen-bond donors (Lipinski definition) is 1. The van der Waals surface area contributed by atoms with E-state index in [0.29, 0.717) is 6.54 Å². The lowest BCUT2D eigenvalue weighted by Gasteiger charge is -2.39. The molecule has 96 valence electrons. The van der Waals surface area contributed by atoms with Crippen LogP contribution in [0.1, 0.15) is 25.7 Å². The van der Waals surface area contributed by atoms with Gasteiger partial charge in [0.25, 0.3) is 0 Å². The largest absolute Gasteiger partial charge is 0.391 e. The molecule has 1 spiro atoms. The Morgan fingerprint density at radius 2 is 2.22 bits per heavy atom. The van der Waals surface area contributed by atoms with Gasteiger partial charge in [-0.15, -0.1) is 0 Å². The van der Waals surface area contributed by atoms with E-state index >= 15 is 0 Å². The van der Waals surface area contributed by atoms with Gasteiger partial charge >= 0.3 is 5.82 Å². The highest BCUT2D eigenvalue weighted by atomic mass is 16.6. The molecule has 1 aromatic heterocycles. The monoisotopic (exact) mass is 249 g/mol. The number of piperidine rings is 1. The summed E-state index contributed by atoms with van der Waals surface area (Å²) in [5, 5.41) is 20.3. The van der Waals surface area contributed by atoms with Crippen molar-refractivity contribution >= 4 is 11.5 Å². The second-order valence-corrected chi connectivity index (χ2v) is 5.16. The molecule has 1 saturated heterocycles. The zero-order valence-corrected chi connectivity index (χ0v) is 9.95. The van der Waals surface area contributed by atoms with E-state index in [1.54, 1.807) is 6.07 Å². The van der Waals surface area contributed by atoms with Crippen LogP contribution < -0.4 is 4.90 Å². The summed E-state index contributed by atoms with van der Waals surface area (Å²) in [4.78, 5) is 16.1. The van der Waals surface area contributed by atoms with Gasteiger partial charge in [-0.1, -0.05) is 0 Å². The van der Waals surface area contributed by atoms with Crippen molar-refractivity contribution < 1.29 is 10.0 Å². The minimum Gasteiger partial charge on any atom is -0.391 e. The molecule has 0 amide bonds. The standard InChI is InChI=1S/C12H15N3O3/c16-10-3-4-12(5-6-12)14(8-10)9-1-2-11(13-7-9)15(17)18/h1-2,7,10,16H,3-6,8H2. The van der Waals surface area contributed by atoms with Gasteiger partial charge in [0.15, 0.2) is 6.20 Å². The van der Waals surface area contributed by atoms with Crippen LogP contribution in [0.5, 0.6) is 0 Å². The van der Waals surface area contributed by atoms with E-state index in [4.69, 9.17) is 0 Å². The number of pyridine rings is 1. The van der Waals surface area contributed by atoms with Gasteiger partial charge in [0, 0.05) is 18.2 Å². The molecule has 2 aliphatic rings. The Morgan fingerprint density at radius 3 is 2.78 bits per heavy atom. The summed E-state index contributed by atoms with van der Waals surface area (Å²) in [6.07, 6.45) is 5.33. The van der Waals surface area contributed by atoms with E-state index in [-0.39, 0.29) is 17.5 Å². The SMILES string of the molecule is O=[N+]([O-])c1ccc(N2CC(O)CCC23CC3)cn1. The van der Waals surface area contributed by atoms with Crippen molar-refractivity contribution in [1.29, 1.82) is 0 Å². The van der Waals surface area contributed by atoms with E-state index < -0.39 is 4.92 Å². The zero-order valence-electron chi connectivity index (χ0n) is 9.95. The first-order chi connectivity index (χ1) is 8.61. The molecule has 1 unspecified atom stereocenters. The molecule has 1 atom stereocenters. The zero-order chi connectivity index (χ0) is 12.8. The molecule has 0 aromatic carbocycles. The minimum absolute atomic E-state index is 0.138. The van der Waals surface area contributed by atoms with Gasteiger partial charge in [-0.25, -0.2) is 0 Å². The third-order valence-electron chi connectivity index (χ3n) is 3.97. The van der Waals surface area contributed by atoms with Crippen LogP contribution in [0.25, 0.3) is 0 Å². The van der Waals surface area contributed by atoms with Gasteiger partial charge in [-0.2, -0.15) is 0 Å². The highest BCUT2D eigenvalue weighted by molar-refractivity contribution is 5.52. The molecule has 0 radical (unpaired) electrons. The summed E-state index contributed by atoms with van der Waals surface area (Å²) < 4.78 is 0. The number of rotatable bonds is 2. The maximum atomic E-state index is 10.6. The molecule has 1 aliphatic carbocycles. The fourth-order valence-electron chi connectivity index (χ4n) is 2.76. The molecule has 1 aliphatic heterocycles. The summed E-state index contributed by atoms with van der Waals surface area (Å²) in [6.45, 7) is 0.597. The lowest BCUT2D eigenvalue weighted by atomic mass is 9.97. The van der Waals surface area contributed by atoms with E-state index in [9.17, 15) is 15.2 Å². The first-order valence-electron chi connectivity index (χ1n) is 6.17. The third kappa shape index (κ3) is 1.82. The fourth-order valence-corrected chi connectivity index (χ4v) is 2.76. The quantitative estimate of drug-likeness (QED) is 0.634. The number of nitro groups is 1. The molecule has 3 rings (SSSR count). The van der Waals surface area contributed by atoms with Gasteiger partial charge in [-0.3, -0.25) is 0 Å². The number of hydrogen-bond acceptors (Lipinski definition) is 5. The first-order valence-corrected chi connectivity index (χ1v) is 6.17. The van der Waals surface area contributed by atoms with Crippen LogP contribution >= 0.6 is 0 Å². The van der Waals surface area contributed by atoms with Crippen LogP contribution in [-0.4, -0.2) is 33.2 Å². The lowest BCUT2D eigenvalue weighted by molar-refractivity contribution is -0.389. The fraction of sp³-hybridized carbons (Fsp3) is 0.583. The van der Waals surface area contributed by atoms with Crippen LogP contribution in [0.2, 0.25) is 0 Å². The van der Waals surface area contributed by atoms with E-state index in [2.05, 4.69) is 9.88 Å². The summed E-state index contributed by atoms with van der Waals surface area (Å²) in [7, 11) is 0. The number of aliphatic hydroxyl groups excluding tert-OH is 1. The number of aromatic nitrogens is 1. The topological polar surface area (TPSA) is 79.5 Å². The lowest BCUT2D eigenvalue weighted by Crippen LogP contribution is -2.47. The van der Waals surface area contributed by atoms with Crippen LogP contribution in [0.15, 0.2) is 18.3 Å². The van der Waals surface area contributed by atoms with Gasteiger partial charge in [0.2, 0.25) is 0 Å². The summed E-state index contributed by atoms with van der Waals surface area (Å²) in [5.41, 5.74) is 1.05. The van der Waals surface area contributed by atoms with E-state index in [0.717, 1.165) is 31.4 Å². The molecule has 1 aromatic rings. The average molecular weight is 249 g/mol. The molecular weight excluding hydrogens is 234 g/mol. The molecule has 1 N–H and O–H groups in total. The average Bonchev–Trinajstić information content (AvgIpc) is 3.13. The number of aliphatic hydroxyl groups is 1. The molecule has 6 nitrogen and oxygen atoms in total. The van der Waals surface area contributed by atoms with E-state index in [1.807, 2.05) is 0 Å². The molecular formula is C12H15N3O3. The van der Waals surface area contributed by atoms with Crippen molar-refractivity contribution in [3.8, 4) is 0 Å². The van der Waals surface area contributed by atoms with Gasteiger partial charge in [0.05, 0.1) is 11.8 Å². The molecule has 2 fully saturated rings. The number of nitrogens with zero attached hydrogens (tertiary/aromatic N) is 3. The van der Waals surface area contributed by atoms with Gasteiger partial charge < -0.3 is 20.1 Å². The third-order valence-corrected chi connectivity index (χ3v) is 3.97. The Morgan fingerprint density at radius 1 is 1.44 bits per heavy atom. The highest BCUT2D eigenvalue weighted by Crippen LogP contribution is 2.50.